The number of hydrogen-bond acceptors (Lipinski definition) is 4. The van der Waals surface area contributed by atoms with Crippen LogP contribution in [0.25, 0.3) is 0 Å². The minimum atomic E-state index is -0.422. The monoisotopic (exact) mass is 207 g/mol. The predicted octanol–water partition coefficient (Wildman–Crippen LogP) is 2.52. The van der Waals surface area contributed by atoms with Gasteiger partial charge in [0.05, 0.1) is 23.5 Å². The van der Waals surface area contributed by atoms with E-state index in [1.807, 2.05) is 13.0 Å². The van der Waals surface area contributed by atoms with Crippen LogP contribution in [0.3, 0.4) is 0 Å². The van der Waals surface area contributed by atoms with E-state index in [-0.39, 0.29) is 0 Å². The molecule has 72 valence electrons. The van der Waals surface area contributed by atoms with Gasteiger partial charge in [0.25, 0.3) is 0 Å². The van der Waals surface area contributed by atoms with Crippen molar-refractivity contribution in [2.45, 2.75) is 6.92 Å². The van der Waals surface area contributed by atoms with Crippen molar-refractivity contribution in [2.24, 2.45) is 4.99 Å². The van der Waals surface area contributed by atoms with Crippen LogP contribution in [0.1, 0.15) is 15.9 Å². The number of hydrogen-bond donors (Lipinski definition) is 0. The SMILES string of the molecule is COC(=O)c1ccc(C)cc1N=C=S. The number of aryl methyl sites for hydroxylation is 1. The van der Waals surface area contributed by atoms with Gasteiger partial charge in [0, 0.05) is 0 Å². The first-order valence-corrected chi connectivity index (χ1v) is 4.36. The van der Waals surface area contributed by atoms with E-state index in [1.54, 1.807) is 12.1 Å². The van der Waals surface area contributed by atoms with Crippen LogP contribution >= 0.6 is 12.2 Å². The molecule has 0 saturated carbocycles. The summed E-state index contributed by atoms with van der Waals surface area (Å²) in [5.74, 6) is -0.422. The first-order valence-electron chi connectivity index (χ1n) is 3.96. The maximum atomic E-state index is 11.3. The summed E-state index contributed by atoms with van der Waals surface area (Å²) in [6.45, 7) is 1.91. The number of aliphatic imine (C=N–C) groups is 1. The van der Waals surface area contributed by atoms with Gasteiger partial charge in [-0.2, -0.15) is 4.99 Å². The van der Waals surface area contributed by atoms with Crippen LogP contribution in [-0.4, -0.2) is 18.2 Å². The number of methoxy groups -OCH3 is 1. The van der Waals surface area contributed by atoms with Gasteiger partial charge in [0.15, 0.2) is 0 Å². The van der Waals surface area contributed by atoms with Gasteiger partial charge >= 0.3 is 5.97 Å². The van der Waals surface area contributed by atoms with E-state index in [9.17, 15) is 4.79 Å². The molecule has 0 heterocycles. The van der Waals surface area contributed by atoms with Crippen LogP contribution < -0.4 is 0 Å². The van der Waals surface area contributed by atoms with Gasteiger partial charge in [-0.25, -0.2) is 4.79 Å². The van der Waals surface area contributed by atoms with Gasteiger partial charge in [-0.15, -0.1) is 0 Å². The molecule has 0 fully saturated rings. The molecular weight excluding hydrogens is 198 g/mol. The lowest BCUT2D eigenvalue weighted by molar-refractivity contribution is 0.0602. The molecule has 0 bridgehead atoms. The second-order valence-electron chi connectivity index (χ2n) is 2.72. The summed E-state index contributed by atoms with van der Waals surface area (Å²) in [5, 5.41) is 2.23. The molecule has 1 rings (SSSR count). The standard InChI is InChI=1S/C10H9NO2S/c1-7-3-4-8(10(12)13-2)9(5-7)11-6-14/h3-5H,1-2H3. The fourth-order valence-electron chi connectivity index (χ4n) is 1.07. The molecule has 0 aliphatic heterocycles. The highest BCUT2D eigenvalue weighted by atomic mass is 32.1. The fourth-order valence-corrected chi connectivity index (χ4v) is 1.16. The van der Waals surface area contributed by atoms with Crippen molar-refractivity contribution in [3.8, 4) is 0 Å². The summed E-state index contributed by atoms with van der Waals surface area (Å²) in [7, 11) is 1.33. The maximum Gasteiger partial charge on any atom is 0.340 e. The second-order valence-corrected chi connectivity index (χ2v) is 2.90. The maximum absolute atomic E-state index is 11.3. The Hall–Kier alpha value is -1.51. The quantitative estimate of drug-likeness (QED) is 0.425. The molecule has 1 aromatic carbocycles. The normalized spacial score (nSPS) is 9.00. The summed E-state index contributed by atoms with van der Waals surface area (Å²) in [6, 6.07) is 5.23. The van der Waals surface area contributed by atoms with Gasteiger partial charge in [0.1, 0.15) is 0 Å². The van der Waals surface area contributed by atoms with E-state index in [4.69, 9.17) is 0 Å². The number of ether oxygens (including phenoxy) is 1. The molecule has 0 amide bonds. The molecule has 0 saturated heterocycles. The molecule has 0 unspecified atom stereocenters. The van der Waals surface area contributed by atoms with E-state index in [1.165, 1.54) is 7.11 Å². The molecule has 0 radical (unpaired) electrons. The Morgan fingerprint density at radius 3 is 2.86 bits per heavy atom. The zero-order valence-corrected chi connectivity index (χ0v) is 8.72. The van der Waals surface area contributed by atoms with Gasteiger partial charge in [0.2, 0.25) is 0 Å². The minimum Gasteiger partial charge on any atom is -0.465 e. The molecule has 0 aromatic heterocycles. The topological polar surface area (TPSA) is 38.7 Å². The van der Waals surface area contributed by atoms with Crippen molar-refractivity contribution in [1.29, 1.82) is 0 Å². The number of nitrogens with zero attached hydrogens (tertiary/aromatic N) is 1. The predicted molar refractivity (Wildman–Crippen MR) is 57.2 cm³/mol. The highest BCUT2D eigenvalue weighted by molar-refractivity contribution is 7.78. The van der Waals surface area contributed by atoms with Crippen LogP contribution in [0.2, 0.25) is 0 Å². The van der Waals surface area contributed by atoms with Gasteiger partial charge in [-0.3, -0.25) is 0 Å². The number of rotatable bonds is 2. The van der Waals surface area contributed by atoms with E-state index >= 15 is 0 Å². The van der Waals surface area contributed by atoms with Gasteiger partial charge in [-0.1, -0.05) is 6.07 Å². The van der Waals surface area contributed by atoms with Crippen LogP contribution in [0.15, 0.2) is 23.2 Å². The summed E-state index contributed by atoms with van der Waals surface area (Å²) < 4.78 is 4.60. The lowest BCUT2D eigenvalue weighted by atomic mass is 10.1. The van der Waals surface area contributed by atoms with Gasteiger partial charge in [-0.05, 0) is 36.8 Å². The Labute approximate surface area is 87.4 Å². The Morgan fingerprint density at radius 2 is 2.29 bits per heavy atom. The van der Waals surface area contributed by atoms with Crippen molar-refractivity contribution in [3.05, 3.63) is 29.3 Å². The fraction of sp³-hybridized carbons (Fsp3) is 0.200. The first-order chi connectivity index (χ1) is 6.69. The van der Waals surface area contributed by atoms with Crippen molar-refractivity contribution >= 4 is 29.0 Å². The number of benzene rings is 1. The number of thiocarbonyl (C=S) groups is 1. The molecular formula is C10H9NO2S. The van der Waals surface area contributed by atoms with Crippen molar-refractivity contribution < 1.29 is 9.53 Å². The van der Waals surface area contributed by atoms with E-state index in [0.29, 0.717) is 11.3 Å². The summed E-state index contributed by atoms with van der Waals surface area (Å²) >= 11 is 4.49. The van der Waals surface area contributed by atoms with Gasteiger partial charge < -0.3 is 4.74 Å². The van der Waals surface area contributed by atoms with Crippen LogP contribution in [-0.2, 0) is 4.74 Å². The molecule has 1 aromatic rings. The third-order valence-corrected chi connectivity index (χ3v) is 1.82. The summed E-state index contributed by atoms with van der Waals surface area (Å²) in [6.07, 6.45) is 0. The second kappa shape index (κ2) is 4.65. The molecule has 0 spiro atoms. The van der Waals surface area contributed by atoms with E-state index in [0.717, 1.165) is 5.56 Å². The van der Waals surface area contributed by atoms with Crippen LogP contribution in [0, 0.1) is 6.92 Å². The van der Waals surface area contributed by atoms with Crippen LogP contribution in [0.4, 0.5) is 5.69 Å². The Bertz CT molecular complexity index is 409. The average molecular weight is 207 g/mol. The molecule has 0 aliphatic carbocycles. The number of isothiocyanates is 1. The summed E-state index contributed by atoms with van der Waals surface area (Å²) in [4.78, 5) is 15.1. The molecule has 0 atom stereocenters. The number of carbonyl (C=O) groups excluding carboxylic acids is 1. The molecule has 3 nitrogen and oxygen atoms in total. The highest BCUT2D eigenvalue weighted by Crippen LogP contribution is 2.20. The Kier molecular flexibility index (Phi) is 3.51. The van der Waals surface area contributed by atoms with E-state index < -0.39 is 5.97 Å². The summed E-state index contributed by atoms with van der Waals surface area (Å²) in [5.41, 5.74) is 1.89. The largest absolute Gasteiger partial charge is 0.465 e. The van der Waals surface area contributed by atoms with Crippen molar-refractivity contribution in [2.75, 3.05) is 7.11 Å². The zero-order chi connectivity index (χ0) is 10.6. The third kappa shape index (κ3) is 2.25. The lowest BCUT2D eigenvalue weighted by Crippen LogP contribution is -2.01. The average Bonchev–Trinajstić information content (AvgIpc) is 2.17. The third-order valence-electron chi connectivity index (χ3n) is 1.72. The molecule has 0 aliphatic rings. The first kappa shape index (κ1) is 10.6. The number of carbonyl (C=O) groups is 1. The molecule has 14 heavy (non-hydrogen) atoms. The van der Waals surface area contributed by atoms with Crippen molar-refractivity contribution in [3.63, 3.8) is 0 Å². The Morgan fingerprint density at radius 1 is 1.57 bits per heavy atom. The molecule has 0 N–H and O–H groups in total. The Balaban J connectivity index is 3.28. The van der Waals surface area contributed by atoms with Crippen molar-refractivity contribution in [1.82, 2.24) is 0 Å². The zero-order valence-electron chi connectivity index (χ0n) is 7.90. The lowest BCUT2D eigenvalue weighted by Gasteiger charge is -2.02. The molecule has 4 heteroatoms. The number of esters is 1. The highest BCUT2D eigenvalue weighted by Gasteiger charge is 2.10. The van der Waals surface area contributed by atoms with Crippen LogP contribution in [0.5, 0.6) is 0 Å². The minimum absolute atomic E-state index is 0.399. The smallest absolute Gasteiger partial charge is 0.340 e. The van der Waals surface area contributed by atoms with E-state index in [2.05, 4.69) is 27.1 Å².